The van der Waals surface area contributed by atoms with E-state index in [2.05, 4.69) is 10.1 Å². The molecule has 0 aromatic heterocycles. The normalized spacial score (nSPS) is 13.5. The van der Waals surface area contributed by atoms with Crippen molar-refractivity contribution in [2.24, 2.45) is 5.92 Å². The van der Waals surface area contributed by atoms with Crippen LogP contribution in [0.25, 0.3) is 0 Å². The van der Waals surface area contributed by atoms with Crippen LogP contribution in [0.4, 0.5) is 18.0 Å². The summed E-state index contributed by atoms with van der Waals surface area (Å²) < 4.78 is 45.4. The van der Waals surface area contributed by atoms with E-state index in [1.165, 1.54) is 0 Å². The van der Waals surface area contributed by atoms with E-state index in [1.807, 2.05) is 0 Å². The van der Waals surface area contributed by atoms with E-state index >= 15 is 0 Å². The van der Waals surface area contributed by atoms with E-state index in [9.17, 15) is 22.8 Å². The molecule has 0 radical (unpaired) electrons. The van der Waals surface area contributed by atoms with Crippen molar-refractivity contribution in [1.29, 1.82) is 0 Å². The number of aliphatic carboxylic acids is 1. The van der Waals surface area contributed by atoms with Gasteiger partial charge < -0.3 is 19.9 Å². The Morgan fingerprint density at radius 3 is 2.27 bits per heavy atom. The molecule has 1 atom stereocenters. The molecule has 0 aliphatic carbocycles. The molecular formula is C13H22F3NO5. The van der Waals surface area contributed by atoms with Gasteiger partial charge in [-0.25, -0.2) is 4.79 Å². The number of rotatable bonds is 8. The Morgan fingerprint density at radius 2 is 1.82 bits per heavy atom. The molecule has 0 rings (SSSR count). The first-order valence-electron chi connectivity index (χ1n) is 6.72. The van der Waals surface area contributed by atoms with Crippen LogP contribution < -0.4 is 5.32 Å². The lowest BCUT2D eigenvalue weighted by atomic mass is 10.0. The second-order valence-electron chi connectivity index (χ2n) is 5.81. The fourth-order valence-electron chi connectivity index (χ4n) is 1.53. The number of halogens is 3. The van der Waals surface area contributed by atoms with Gasteiger partial charge in [-0.2, -0.15) is 13.2 Å². The topological polar surface area (TPSA) is 84.9 Å². The van der Waals surface area contributed by atoms with Crippen LogP contribution in [-0.4, -0.2) is 48.7 Å². The highest BCUT2D eigenvalue weighted by molar-refractivity contribution is 5.68. The number of carboxylic acid groups (broad SMARTS) is 1. The number of carbonyl (C=O) groups is 2. The summed E-state index contributed by atoms with van der Waals surface area (Å²) in [6.07, 6.45) is -5.29. The zero-order chi connectivity index (χ0) is 17.4. The highest BCUT2D eigenvalue weighted by Gasteiger charge is 2.28. The molecule has 0 aliphatic heterocycles. The number of carbonyl (C=O) groups excluding carboxylic acids is 1. The molecule has 2 N–H and O–H groups in total. The summed E-state index contributed by atoms with van der Waals surface area (Å²) in [5.74, 6) is -1.77. The third kappa shape index (κ3) is 13.5. The molecule has 0 fully saturated rings. The lowest BCUT2D eigenvalue weighted by Crippen LogP contribution is -2.34. The standard InChI is InChI=1S/C13H22F3NO5/c1-12(2,3)22-11(20)17-5-4-9(6-10(18)19)7-21-8-13(14,15)16/h9H,4-8H2,1-3H3,(H,17,20)(H,18,19)/t9-/m0/s1. The molecule has 6 nitrogen and oxygen atoms in total. The Bertz CT molecular complexity index is 366. The maximum Gasteiger partial charge on any atom is 0.411 e. The fraction of sp³-hybridized carbons (Fsp3) is 0.846. The fourth-order valence-corrected chi connectivity index (χ4v) is 1.53. The predicted molar refractivity (Wildman–Crippen MR) is 71.5 cm³/mol. The van der Waals surface area contributed by atoms with Gasteiger partial charge in [0.1, 0.15) is 12.2 Å². The zero-order valence-corrected chi connectivity index (χ0v) is 12.8. The SMILES string of the molecule is CC(C)(C)OC(=O)NCC[C@H](COCC(F)(F)F)CC(=O)O. The van der Waals surface area contributed by atoms with Crippen LogP contribution in [0, 0.1) is 5.92 Å². The molecule has 0 aromatic rings. The zero-order valence-electron chi connectivity index (χ0n) is 12.8. The first-order chi connectivity index (χ1) is 9.89. The quantitative estimate of drug-likeness (QED) is 0.715. The first kappa shape index (κ1) is 20.5. The molecule has 0 heterocycles. The first-order valence-corrected chi connectivity index (χ1v) is 6.72. The van der Waals surface area contributed by atoms with Crippen LogP contribution in [0.5, 0.6) is 0 Å². The largest absolute Gasteiger partial charge is 0.481 e. The summed E-state index contributed by atoms with van der Waals surface area (Å²) in [7, 11) is 0. The van der Waals surface area contributed by atoms with Crippen LogP contribution in [-0.2, 0) is 14.3 Å². The molecule has 9 heteroatoms. The van der Waals surface area contributed by atoms with Gasteiger partial charge in [-0.3, -0.25) is 4.79 Å². The molecular weight excluding hydrogens is 307 g/mol. The number of amides is 1. The van der Waals surface area contributed by atoms with Crippen molar-refractivity contribution in [1.82, 2.24) is 5.32 Å². The Hall–Kier alpha value is -1.51. The Morgan fingerprint density at radius 1 is 1.23 bits per heavy atom. The number of ether oxygens (including phenoxy) is 2. The predicted octanol–water partition coefficient (Wildman–Crippen LogP) is 2.57. The third-order valence-corrected chi connectivity index (χ3v) is 2.30. The molecule has 0 saturated carbocycles. The molecule has 1 amide bonds. The van der Waals surface area contributed by atoms with Crippen LogP contribution in [0.2, 0.25) is 0 Å². The number of alkyl halides is 3. The minimum Gasteiger partial charge on any atom is -0.481 e. The Kier molecular flexibility index (Phi) is 8.21. The van der Waals surface area contributed by atoms with Crippen molar-refractivity contribution < 1.29 is 37.3 Å². The molecule has 0 bridgehead atoms. The van der Waals surface area contributed by atoms with Crippen molar-refractivity contribution >= 4 is 12.1 Å². The molecule has 0 saturated heterocycles. The van der Waals surface area contributed by atoms with Crippen molar-refractivity contribution in [3.8, 4) is 0 Å². The van der Waals surface area contributed by atoms with Crippen molar-refractivity contribution in [3.63, 3.8) is 0 Å². The second-order valence-corrected chi connectivity index (χ2v) is 5.81. The molecule has 0 unspecified atom stereocenters. The lowest BCUT2D eigenvalue weighted by molar-refractivity contribution is -0.177. The third-order valence-electron chi connectivity index (χ3n) is 2.30. The maximum absolute atomic E-state index is 12.0. The Balaban J connectivity index is 4.14. The molecule has 0 spiro atoms. The van der Waals surface area contributed by atoms with Gasteiger partial charge in [-0.05, 0) is 33.1 Å². The number of hydrogen-bond donors (Lipinski definition) is 2. The van der Waals surface area contributed by atoms with Gasteiger partial charge in [0, 0.05) is 6.54 Å². The van der Waals surface area contributed by atoms with E-state index < -0.39 is 36.4 Å². The number of alkyl carbamates (subject to hydrolysis) is 1. The van der Waals surface area contributed by atoms with E-state index in [1.54, 1.807) is 20.8 Å². The highest BCUT2D eigenvalue weighted by atomic mass is 19.4. The van der Waals surface area contributed by atoms with Crippen LogP contribution >= 0.6 is 0 Å². The lowest BCUT2D eigenvalue weighted by Gasteiger charge is -2.20. The molecule has 130 valence electrons. The summed E-state index contributed by atoms with van der Waals surface area (Å²) in [6.45, 7) is 3.37. The molecule has 22 heavy (non-hydrogen) atoms. The summed E-state index contributed by atoms with van der Waals surface area (Å²) in [6, 6.07) is 0. The van der Waals surface area contributed by atoms with E-state index in [-0.39, 0.29) is 26.0 Å². The van der Waals surface area contributed by atoms with E-state index in [0.717, 1.165) is 0 Å². The monoisotopic (exact) mass is 329 g/mol. The summed E-state index contributed by atoms with van der Waals surface area (Å²) in [5, 5.41) is 11.1. The molecule has 0 aliphatic rings. The van der Waals surface area contributed by atoms with Gasteiger partial charge >= 0.3 is 18.2 Å². The van der Waals surface area contributed by atoms with E-state index in [4.69, 9.17) is 9.84 Å². The maximum atomic E-state index is 12.0. The minimum absolute atomic E-state index is 0.0856. The van der Waals surface area contributed by atoms with Gasteiger partial charge in [0.2, 0.25) is 0 Å². The van der Waals surface area contributed by atoms with E-state index in [0.29, 0.717) is 0 Å². The van der Waals surface area contributed by atoms with Crippen molar-refractivity contribution in [3.05, 3.63) is 0 Å². The number of carboxylic acids is 1. The van der Waals surface area contributed by atoms with Gasteiger partial charge in [-0.15, -0.1) is 0 Å². The van der Waals surface area contributed by atoms with Gasteiger partial charge in [0.25, 0.3) is 0 Å². The summed E-state index contributed by atoms with van der Waals surface area (Å²) in [5.41, 5.74) is -0.666. The number of hydrogen-bond acceptors (Lipinski definition) is 4. The summed E-state index contributed by atoms with van der Waals surface area (Å²) in [4.78, 5) is 22.0. The van der Waals surface area contributed by atoms with Gasteiger partial charge in [0.15, 0.2) is 0 Å². The van der Waals surface area contributed by atoms with Crippen LogP contribution in [0.15, 0.2) is 0 Å². The highest BCUT2D eigenvalue weighted by Crippen LogP contribution is 2.16. The van der Waals surface area contributed by atoms with Gasteiger partial charge in [0.05, 0.1) is 13.0 Å². The van der Waals surface area contributed by atoms with Crippen molar-refractivity contribution in [2.75, 3.05) is 19.8 Å². The second kappa shape index (κ2) is 8.82. The average Bonchev–Trinajstić information content (AvgIpc) is 2.23. The van der Waals surface area contributed by atoms with Crippen LogP contribution in [0.3, 0.4) is 0 Å². The van der Waals surface area contributed by atoms with Crippen LogP contribution in [0.1, 0.15) is 33.6 Å². The minimum atomic E-state index is -4.46. The van der Waals surface area contributed by atoms with Gasteiger partial charge in [-0.1, -0.05) is 0 Å². The van der Waals surface area contributed by atoms with Crippen molar-refractivity contribution in [2.45, 2.75) is 45.4 Å². The molecule has 0 aromatic carbocycles. The Labute approximate surface area is 127 Å². The smallest absolute Gasteiger partial charge is 0.411 e. The summed E-state index contributed by atoms with van der Waals surface area (Å²) >= 11 is 0. The number of nitrogens with one attached hydrogen (secondary N) is 1. The average molecular weight is 329 g/mol.